The second-order valence-corrected chi connectivity index (χ2v) is 5.75. The highest BCUT2D eigenvalue weighted by Gasteiger charge is 2.31. The van der Waals surface area contributed by atoms with Crippen LogP contribution in [0.4, 0.5) is 0 Å². The minimum Gasteiger partial charge on any atom is -0.348 e. The van der Waals surface area contributed by atoms with Crippen molar-refractivity contribution in [1.29, 1.82) is 0 Å². The molecule has 3 nitrogen and oxygen atoms in total. The Morgan fingerprint density at radius 3 is 2.53 bits per heavy atom. The lowest BCUT2D eigenvalue weighted by atomic mass is 10.1. The summed E-state index contributed by atoms with van der Waals surface area (Å²) in [6.07, 6.45) is 4.71. The number of carbonyl (C=O) groups excluding carboxylic acids is 1. The summed E-state index contributed by atoms with van der Waals surface area (Å²) in [6.45, 7) is 3.29. The van der Waals surface area contributed by atoms with E-state index in [1.807, 2.05) is 6.07 Å². The average Bonchev–Trinajstić information content (AvgIpc) is 3.18. The van der Waals surface area contributed by atoms with Crippen molar-refractivity contribution in [1.82, 2.24) is 10.2 Å². The minimum absolute atomic E-state index is 0.146. The summed E-state index contributed by atoms with van der Waals surface area (Å²) in [5.74, 6) is 0.526. The van der Waals surface area contributed by atoms with Gasteiger partial charge in [0, 0.05) is 12.5 Å². The third kappa shape index (κ3) is 3.35. The van der Waals surface area contributed by atoms with Gasteiger partial charge in [-0.05, 0) is 44.3 Å². The Morgan fingerprint density at radius 1 is 1.21 bits per heavy atom. The number of nitrogens with one attached hydrogen (secondary N) is 1. The van der Waals surface area contributed by atoms with Crippen LogP contribution in [0.25, 0.3) is 0 Å². The predicted molar refractivity (Wildman–Crippen MR) is 75.7 cm³/mol. The molecule has 102 valence electrons. The molecule has 1 unspecified atom stereocenters. The molecule has 0 spiro atoms. The zero-order chi connectivity index (χ0) is 13.1. The average molecular weight is 258 g/mol. The molecule has 1 aliphatic heterocycles. The minimum atomic E-state index is 0.146. The summed E-state index contributed by atoms with van der Waals surface area (Å²) < 4.78 is 0. The molecule has 1 heterocycles. The number of hydrogen-bond acceptors (Lipinski definition) is 2. The maximum Gasteiger partial charge on any atom is 0.223 e. The first kappa shape index (κ1) is 12.7. The third-order valence-electron chi connectivity index (χ3n) is 4.11. The standard InChI is InChI=1S/C16H22N2O/c19-16(14-8-9-14)17-15(12-18-10-4-5-11-18)13-6-2-1-3-7-13/h1-3,6-7,14-15H,4-5,8-12H2,(H,17,19). The Kier molecular flexibility index (Phi) is 3.83. The molecule has 19 heavy (non-hydrogen) atoms. The molecule has 1 amide bonds. The molecular weight excluding hydrogens is 236 g/mol. The molecule has 1 aliphatic carbocycles. The van der Waals surface area contributed by atoms with Crippen molar-refractivity contribution in [2.24, 2.45) is 5.92 Å². The summed E-state index contributed by atoms with van der Waals surface area (Å²) in [5, 5.41) is 3.24. The van der Waals surface area contributed by atoms with Gasteiger partial charge in [0.05, 0.1) is 6.04 Å². The number of amides is 1. The van der Waals surface area contributed by atoms with Crippen molar-refractivity contribution in [3.63, 3.8) is 0 Å². The Bertz CT molecular complexity index is 422. The van der Waals surface area contributed by atoms with E-state index in [0.29, 0.717) is 0 Å². The van der Waals surface area contributed by atoms with E-state index in [2.05, 4.69) is 34.5 Å². The first-order valence-electron chi connectivity index (χ1n) is 7.40. The number of nitrogens with zero attached hydrogens (tertiary/aromatic N) is 1. The highest BCUT2D eigenvalue weighted by molar-refractivity contribution is 5.81. The molecule has 1 N–H and O–H groups in total. The zero-order valence-corrected chi connectivity index (χ0v) is 11.3. The molecular formula is C16H22N2O. The van der Waals surface area contributed by atoms with Gasteiger partial charge in [-0.15, -0.1) is 0 Å². The molecule has 2 aliphatic rings. The van der Waals surface area contributed by atoms with Crippen LogP contribution in [0.2, 0.25) is 0 Å². The smallest absolute Gasteiger partial charge is 0.223 e. The van der Waals surface area contributed by atoms with Crippen LogP contribution in [-0.4, -0.2) is 30.4 Å². The lowest BCUT2D eigenvalue weighted by Gasteiger charge is -2.25. The lowest BCUT2D eigenvalue weighted by molar-refractivity contribution is -0.123. The molecule has 1 atom stereocenters. The van der Waals surface area contributed by atoms with Gasteiger partial charge in [-0.2, -0.15) is 0 Å². The van der Waals surface area contributed by atoms with Gasteiger partial charge in [0.25, 0.3) is 0 Å². The number of likely N-dealkylation sites (tertiary alicyclic amines) is 1. The fourth-order valence-electron chi connectivity index (χ4n) is 2.78. The Balaban J connectivity index is 1.68. The van der Waals surface area contributed by atoms with Crippen LogP contribution in [0, 0.1) is 5.92 Å². The van der Waals surface area contributed by atoms with E-state index >= 15 is 0 Å². The van der Waals surface area contributed by atoms with Gasteiger partial charge < -0.3 is 10.2 Å². The maximum absolute atomic E-state index is 12.0. The quantitative estimate of drug-likeness (QED) is 0.879. The van der Waals surface area contributed by atoms with E-state index in [9.17, 15) is 4.79 Å². The van der Waals surface area contributed by atoms with E-state index in [-0.39, 0.29) is 17.9 Å². The molecule has 0 aromatic heterocycles. The molecule has 1 saturated carbocycles. The fraction of sp³-hybridized carbons (Fsp3) is 0.562. The second-order valence-electron chi connectivity index (χ2n) is 5.75. The monoisotopic (exact) mass is 258 g/mol. The molecule has 2 fully saturated rings. The first-order chi connectivity index (χ1) is 9.33. The SMILES string of the molecule is O=C(NC(CN1CCCC1)c1ccccc1)C1CC1. The van der Waals surface area contributed by atoms with Crippen LogP contribution >= 0.6 is 0 Å². The summed E-state index contributed by atoms with van der Waals surface area (Å²) >= 11 is 0. The summed E-state index contributed by atoms with van der Waals surface area (Å²) in [5.41, 5.74) is 1.23. The number of carbonyl (C=O) groups is 1. The topological polar surface area (TPSA) is 32.3 Å². The summed E-state index contributed by atoms with van der Waals surface area (Å²) in [4.78, 5) is 14.5. The van der Waals surface area contributed by atoms with Crippen LogP contribution in [0.1, 0.15) is 37.3 Å². The van der Waals surface area contributed by atoms with Crippen LogP contribution in [0.5, 0.6) is 0 Å². The molecule has 3 heteroatoms. The molecule has 1 aromatic rings. The molecule has 1 aromatic carbocycles. The lowest BCUT2D eigenvalue weighted by Crippen LogP contribution is -2.37. The number of rotatable bonds is 5. The fourth-order valence-corrected chi connectivity index (χ4v) is 2.78. The number of hydrogen-bond donors (Lipinski definition) is 1. The largest absolute Gasteiger partial charge is 0.348 e. The van der Waals surface area contributed by atoms with E-state index in [0.717, 1.165) is 19.4 Å². The van der Waals surface area contributed by atoms with Crippen LogP contribution in [0.15, 0.2) is 30.3 Å². The van der Waals surface area contributed by atoms with Crippen molar-refractivity contribution in [3.05, 3.63) is 35.9 Å². The van der Waals surface area contributed by atoms with Gasteiger partial charge in [-0.1, -0.05) is 30.3 Å². The van der Waals surface area contributed by atoms with E-state index in [1.54, 1.807) is 0 Å². The second kappa shape index (κ2) is 5.74. The van der Waals surface area contributed by atoms with Crippen LogP contribution in [0.3, 0.4) is 0 Å². The van der Waals surface area contributed by atoms with Crippen LogP contribution < -0.4 is 5.32 Å². The Hall–Kier alpha value is -1.35. The van der Waals surface area contributed by atoms with Gasteiger partial charge in [-0.3, -0.25) is 4.79 Å². The van der Waals surface area contributed by atoms with Gasteiger partial charge >= 0.3 is 0 Å². The predicted octanol–water partition coefficient (Wildman–Crippen LogP) is 2.35. The molecule has 3 rings (SSSR count). The normalized spacial score (nSPS) is 21.3. The summed E-state index contributed by atoms with van der Waals surface area (Å²) in [6, 6.07) is 10.5. The Morgan fingerprint density at radius 2 is 1.89 bits per heavy atom. The van der Waals surface area contributed by atoms with E-state index < -0.39 is 0 Å². The first-order valence-corrected chi connectivity index (χ1v) is 7.40. The zero-order valence-electron chi connectivity index (χ0n) is 11.3. The van der Waals surface area contributed by atoms with Gasteiger partial charge in [0.15, 0.2) is 0 Å². The van der Waals surface area contributed by atoms with Gasteiger partial charge in [0.2, 0.25) is 5.91 Å². The summed E-state index contributed by atoms with van der Waals surface area (Å²) in [7, 11) is 0. The Labute approximate surface area is 115 Å². The highest BCUT2D eigenvalue weighted by atomic mass is 16.2. The van der Waals surface area contributed by atoms with E-state index in [1.165, 1.54) is 31.5 Å². The van der Waals surface area contributed by atoms with E-state index in [4.69, 9.17) is 0 Å². The van der Waals surface area contributed by atoms with Gasteiger partial charge in [0.1, 0.15) is 0 Å². The number of benzene rings is 1. The van der Waals surface area contributed by atoms with Crippen molar-refractivity contribution >= 4 is 5.91 Å². The molecule has 0 radical (unpaired) electrons. The molecule has 0 bridgehead atoms. The third-order valence-corrected chi connectivity index (χ3v) is 4.11. The maximum atomic E-state index is 12.0. The van der Waals surface area contributed by atoms with Crippen molar-refractivity contribution in [2.75, 3.05) is 19.6 Å². The highest BCUT2D eigenvalue weighted by Crippen LogP contribution is 2.30. The van der Waals surface area contributed by atoms with Crippen LogP contribution in [-0.2, 0) is 4.79 Å². The van der Waals surface area contributed by atoms with Gasteiger partial charge in [-0.25, -0.2) is 0 Å². The van der Waals surface area contributed by atoms with Crippen molar-refractivity contribution < 1.29 is 4.79 Å². The molecule has 1 saturated heterocycles. The van der Waals surface area contributed by atoms with Crippen molar-refractivity contribution in [3.8, 4) is 0 Å². The van der Waals surface area contributed by atoms with Crippen molar-refractivity contribution in [2.45, 2.75) is 31.7 Å².